The van der Waals surface area contributed by atoms with Crippen molar-refractivity contribution in [3.63, 3.8) is 0 Å². The fourth-order valence-electron chi connectivity index (χ4n) is 4.32. The summed E-state index contributed by atoms with van der Waals surface area (Å²) in [5.41, 5.74) is -0.777. The molecule has 2 heterocycles. The molecule has 0 radical (unpaired) electrons. The normalized spacial score (nSPS) is 15.8. The van der Waals surface area contributed by atoms with Gasteiger partial charge < -0.3 is 20.3 Å². The molecule has 2 N–H and O–H groups in total. The molecule has 1 aromatic rings. The van der Waals surface area contributed by atoms with Crippen LogP contribution < -0.4 is 10.6 Å². The zero-order chi connectivity index (χ0) is 28.0. The summed E-state index contributed by atoms with van der Waals surface area (Å²) >= 11 is 0. The second-order valence-electron chi connectivity index (χ2n) is 10.3. The Morgan fingerprint density at radius 1 is 1.08 bits per heavy atom. The Balaban J connectivity index is 1.34. The molecule has 0 unspecified atom stereocenters. The van der Waals surface area contributed by atoms with E-state index in [2.05, 4.69) is 10.6 Å². The number of carbonyl (C=O) groups excluding carboxylic acids is 5. The summed E-state index contributed by atoms with van der Waals surface area (Å²) in [6, 6.07) is 3.57. The minimum atomic E-state index is -0.661. The van der Waals surface area contributed by atoms with E-state index in [9.17, 15) is 34.1 Å². The Morgan fingerprint density at radius 2 is 1.74 bits per heavy atom. The third-order valence-electron chi connectivity index (χ3n) is 6.28. The number of nitrogens with one attached hydrogen (secondary N) is 2. The second-order valence-corrected chi connectivity index (χ2v) is 10.3. The molecule has 0 saturated carbocycles. The maximum Gasteiger partial charge on any atom is 0.408 e. The van der Waals surface area contributed by atoms with Crippen molar-refractivity contribution in [3.8, 4) is 0 Å². The van der Waals surface area contributed by atoms with Crippen molar-refractivity contribution >= 4 is 35.4 Å². The van der Waals surface area contributed by atoms with Crippen molar-refractivity contribution in [1.82, 2.24) is 20.4 Å². The smallest absolute Gasteiger partial charge is 0.408 e. The van der Waals surface area contributed by atoms with Gasteiger partial charge in [0.05, 0.1) is 22.6 Å². The van der Waals surface area contributed by atoms with Crippen LogP contribution >= 0.6 is 0 Å². The van der Waals surface area contributed by atoms with E-state index in [4.69, 9.17) is 4.74 Å². The van der Waals surface area contributed by atoms with Gasteiger partial charge in [-0.25, -0.2) is 4.79 Å². The van der Waals surface area contributed by atoms with Gasteiger partial charge in [-0.1, -0.05) is 0 Å². The van der Waals surface area contributed by atoms with Crippen molar-refractivity contribution < 1.29 is 33.6 Å². The number of fused-ring (bicyclic) bond motifs is 1. The molecule has 0 atom stereocenters. The Morgan fingerprint density at radius 3 is 2.37 bits per heavy atom. The molecule has 1 saturated heterocycles. The minimum Gasteiger partial charge on any atom is -0.444 e. The molecule has 2 aliphatic rings. The maximum absolute atomic E-state index is 12.6. The first-order chi connectivity index (χ1) is 17.9. The highest BCUT2D eigenvalue weighted by molar-refractivity contribution is 6.21. The van der Waals surface area contributed by atoms with E-state index < -0.39 is 28.4 Å². The van der Waals surface area contributed by atoms with Gasteiger partial charge in [-0.3, -0.25) is 34.2 Å². The van der Waals surface area contributed by atoms with Gasteiger partial charge in [0, 0.05) is 44.7 Å². The lowest BCUT2D eigenvalue weighted by Gasteiger charge is -2.32. The number of imide groups is 1. The van der Waals surface area contributed by atoms with Crippen LogP contribution in [0.25, 0.3) is 0 Å². The number of alkyl carbamates (subject to hydrolysis) is 1. The average Bonchev–Trinajstić information content (AvgIpc) is 3.09. The molecule has 206 valence electrons. The van der Waals surface area contributed by atoms with Crippen LogP contribution in [0.15, 0.2) is 18.2 Å². The summed E-state index contributed by atoms with van der Waals surface area (Å²) in [6.07, 6.45) is 1.20. The predicted octanol–water partition coefficient (Wildman–Crippen LogP) is 1.85. The average molecular weight is 532 g/mol. The zero-order valence-electron chi connectivity index (χ0n) is 21.8. The lowest BCUT2D eigenvalue weighted by molar-refractivity contribution is -0.384. The highest BCUT2D eigenvalue weighted by atomic mass is 16.6. The SMILES string of the molecule is CC(C)(C)OC(=O)NCC(=O)NCC1CCN(C(=O)CCCN2C(=O)c3ccc([N+](=O)[O-])cc3C2=O)CC1. The van der Waals surface area contributed by atoms with Crippen LogP contribution in [0, 0.1) is 16.0 Å². The fourth-order valence-corrected chi connectivity index (χ4v) is 4.32. The van der Waals surface area contributed by atoms with E-state index in [1.807, 2.05) is 0 Å². The number of nitro benzene ring substituents is 1. The molecule has 13 nitrogen and oxygen atoms in total. The number of hydrogen-bond donors (Lipinski definition) is 2. The van der Waals surface area contributed by atoms with Gasteiger partial charge in [0.15, 0.2) is 0 Å². The van der Waals surface area contributed by atoms with Gasteiger partial charge >= 0.3 is 6.09 Å². The standard InChI is InChI=1S/C25H33N5O8/c1-25(2,3)38-24(35)27-15-20(31)26-14-16-8-11-28(12-9-16)21(32)5-4-10-29-22(33)18-7-6-17(30(36)37)13-19(18)23(29)34/h6-7,13,16H,4-5,8-12,14-15H2,1-3H3,(H,26,31)(H,27,35). The van der Waals surface area contributed by atoms with Crippen molar-refractivity contribution in [2.45, 2.75) is 52.1 Å². The van der Waals surface area contributed by atoms with Crippen LogP contribution in [0.2, 0.25) is 0 Å². The molecule has 13 heteroatoms. The molecule has 3 rings (SSSR count). The molecule has 1 aromatic carbocycles. The number of benzene rings is 1. The number of ether oxygens (including phenoxy) is 1. The quantitative estimate of drug-likeness (QED) is 0.276. The topological polar surface area (TPSA) is 168 Å². The number of amides is 5. The molecule has 0 aromatic heterocycles. The zero-order valence-corrected chi connectivity index (χ0v) is 21.8. The first-order valence-electron chi connectivity index (χ1n) is 12.5. The number of rotatable bonds is 9. The van der Waals surface area contributed by atoms with Crippen LogP contribution in [0.1, 0.15) is 67.2 Å². The molecule has 2 aliphatic heterocycles. The first-order valence-corrected chi connectivity index (χ1v) is 12.5. The van der Waals surface area contributed by atoms with E-state index in [1.165, 1.54) is 12.1 Å². The highest BCUT2D eigenvalue weighted by Crippen LogP contribution is 2.27. The van der Waals surface area contributed by atoms with E-state index >= 15 is 0 Å². The number of nitrogens with zero attached hydrogens (tertiary/aromatic N) is 3. The van der Waals surface area contributed by atoms with Crippen LogP contribution in [0.3, 0.4) is 0 Å². The van der Waals surface area contributed by atoms with Gasteiger partial charge in [-0.05, 0) is 52.0 Å². The Kier molecular flexibility index (Phi) is 9.02. The third kappa shape index (κ3) is 7.49. The van der Waals surface area contributed by atoms with Crippen molar-refractivity contribution in [3.05, 3.63) is 39.4 Å². The molecule has 0 aliphatic carbocycles. The summed E-state index contributed by atoms with van der Waals surface area (Å²) < 4.78 is 5.09. The van der Waals surface area contributed by atoms with Gasteiger partial charge in [-0.15, -0.1) is 0 Å². The lowest BCUT2D eigenvalue weighted by Crippen LogP contribution is -2.44. The van der Waals surface area contributed by atoms with Gasteiger partial charge in [0.25, 0.3) is 17.5 Å². The molecule has 0 spiro atoms. The third-order valence-corrected chi connectivity index (χ3v) is 6.28. The van der Waals surface area contributed by atoms with E-state index in [1.54, 1.807) is 25.7 Å². The molecular weight excluding hydrogens is 498 g/mol. The summed E-state index contributed by atoms with van der Waals surface area (Å²) in [6.45, 7) is 6.57. The van der Waals surface area contributed by atoms with E-state index in [-0.39, 0.29) is 60.5 Å². The minimum absolute atomic E-state index is 0.00492. The van der Waals surface area contributed by atoms with Crippen molar-refractivity contribution in [1.29, 1.82) is 0 Å². The fraction of sp³-hybridized carbons (Fsp3) is 0.560. The van der Waals surface area contributed by atoms with E-state index in [0.717, 1.165) is 11.0 Å². The van der Waals surface area contributed by atoms with Crippen LogP contribution in [-0.2, 0) is 14.3 Å². The second kappa shape index (κ2) is 12.0. The van der Waals surface area contributed by atoms with Crippen molar-refractivity contribution in [2.24, 2.45) is 5.92 Å². The van der Waals surface area contributed by atoms with Gasteiger partial charge in [0.1, 0.15) is 5.60 Å². The largest absolute Gasteiger partial charge is 0.444 e. The summed E-state index contributed by atoms with van der Waals surface area (Å²) in [4.78, 5) is 74.4. The monoisotopic (exact) mass is 531 g/mol. The first kappa shape index (κ1) is 28.5. The molecule has 5 amide bonds. The van der Waals surface area contributed by atoms with Gasteiger partial charge in [0.2, 0.25) is 11.8 Å². The van der Waals surface area contributed by atoms with Gasteiger partial charge in [-0.2, -0.15) is 0 Å². The number of nitro groups is 1. The summed E-state index contributed by atoms with van der Waals surface area (Å²) in [7, 11) is 0. The molecule has 0 bridgehead atoms. The Labute approximate surface area is 220 Å². The van der Waals surface area contributed by atoms with Crippen LogP contribution in [0.4, 0.5) is 10.5 Å². The predicted molar refractivity (Wildman–Crippen MR) is 134 cm³/mol. The highest BCUT2D eigenvalue weighted by Gasteiger charge is 2.36. The Bertz CT molecular complexity index is 1120. The lowest BCUT2D eigenvalue weighted by atomic mass is 9.96. The van der Waals surface area contributed by atoms with E-state index in [0.29, 0.717) is 32.5 Å². The maximum atomic E-state index is 12.6. The number of hydrogen-bond acceptors (Lipinski definition) is 8. The van der Waals surface area contributed by atoms with Crippen LogP contribution in [-0.4, -0.2) is 82.8 Å². The number of carbonyl (C=O) groups is 5. The summed E-state index contributed by atoms with van der Waals surface area (Å²) in [5, 5.41) is 16.2. The molecule has 38 heavy (non-hydrogen) atoms. The van der Waals surface area contributed by atoms with Crippen LogP contribution in [0.5, 0.6) is 0 Å². The molecular formula is C25H33N5O8. The number of non-ortho nitro benzene ring substituents is 1. The number of piperidine rings is 1. The molecule has 1 fully saturated rings. The summed E-state index contributed by atoms with van der Waals surface area (Å²) in [5.74, 6) is -1.31. The Hall–Kier alpha value is -4.03. The number of likely N-dealkylation sites (tertiary alicyclic amines) is 1. The van der Waals surface area contributed by atoms with Crippen molar-refractivity contribution in [2.75, 3.05) is 32.7 Å².